The van der Waals surface area contributed by atoms with Crippen LogP contribution in [0.3, 0.4) is 0 Å². The van der Waals surface area contributed by atoms with Crippen LogP contribution in [0, 0.1) is 12.8 Å². The molecule has 5 heteroatoms. The molecule has 0 saturated heterocycles. The lowest BCUT2D eigenvalue weighted by Gasteiger charge is -2.09. The van der Waals surface area contributed by atoms with Gasteiger partial charge in [0, 0.05) is 11.6 Å². The van der Waals surface area contributed by atoms with Crippen LogP contribution in [0.5, 0.6) is 5.75 Å². The predicted molar refractivity (Wildman–Crippen MR) is 115 cm³/mol. The average Bonchev–Trinajstić information content (AvgIpc) is 3.04. The van der Waals surface area contributed by atoms with Crippen LogP contribution in [-0.4, -0.2) is 22.7 Å². The molecule has 0 radical (unpaired) electrons. The summed E-state index contributed by atoms with van der Waals surface area (Å²) in [4.78, 5) is 16.0. The van der Waals surface area contributed by atoms with Gasteiger partial charge in [0.2, 0.25) is 5.89 Å². The van der Waals surface area contributed by atoms with Gasteiger partial charge in [-0.05, 0) is 54.2 Å². The van der Waals surface area contributed by atoms with Crippen LogP contribution in [0.15, 0.2) is 65.1 Å². The van der Waals surface area contributed by atoms with E-state index in [0.717, 1.165) is 33.3 Å². The number of fused-ring (bicyclic) bond motifs is 2. The molecule has 0 unspecified atom stereocenters. The highest BCUT2D eigenvalue weighted by atomic mass is 16.5. The number of carboxylic acids is 1. The van der Waals surface area contributed by atoms with E-state index in [1.54, 1.807) is 0 Å². The standard InChI is InChI=1S/C25H21NO4/c1-15-19(16-6-3-2-4-7-16)8-5-9-20(15)24-26-21-12-17-10-11-18(25(27)28)14-29-22(17)13-23(21)30-24/h2-9,12-13,18H,10-11,14H2,1H3,(H,27,28)/t18-/m1/s1. The van der Waals surface area contributed by atoms with Crippen molar-refractivity contribution in [2.45, 2.75) is 19.8 Å². The molecule has 30 heavy (non-hydrogen) atoms. The number of aliphatic carboxylic acids is 1. The van der Waals surface area contributed by atoms with Gasteiger partial charge in [-0.2, -0.15) is 0 Å². The minimum Gasteiger partial charge on any atom is -0.492 e. The quantitative estimate of drug-likeness (QED) is 0.493. The van der Waals surface area contributed by atoms with Gasteiger partial charge in [-0.25, -0.2) is 4.98 Å². The fourth-order valence-electron chi connectivity index (χ4n) is 4.04. The van der Waals surface area contributed by atoms with Crippen molar-refractivity contribution in [2.75, 3.05) is 6.61 Å². The largest absolute Gasteiger partial charge is 0.492 e. The lowest BCUT2D eigenvalue weighted by molar-refractivity contribution is -0.142. The zero-order valence-electron chi connectivity index (χ0n) is 16.6. The number of oxazole rings is 1. The zero-order chi connectivity index (χ0) is 20.7. The van der Waals surface area contributed by atoms with Crippen LogP contribution in [0.4, 0.5) is 0 Å². The van der Waals surface area contributed by atoms with Crippen molar-refractivity contribution in [3.63, 3.8) is 0 Å². The van der Waals surface area contributed by atoms with E-state index in [9.17, 15) is 9.90 Å². The molecule has 1 aliphatic heterocycles. The molecule has 5 nitrogen and oxygen atoms in total. The third kappa shape index (κ3) is 3.22. The molecule has 1 aromatic heterocycles. The number of hydrogen-bond donors (Lipinski definition) is 1. The third-order valence-electron chi connectivity index (χ3n) is 5.77. The lowest BCUT2D eigenvalue weighted by atomic mass is 9.96. The van der Waals surface area contributed by atoms with Crippen LogP contribution in [0.2, 0.25) is 0 Å². The van der Waals surface area contributed by atoms with Gasteiger partial charge >= 0.3 is 5.97 Å². The van der Waals surface area contributed by atoms with Crippen LogP contribution in [0.1, 0.15) is 17.5 Å². The second kappa shape index (κ2) is 7.34. The van der Waals surface area contributed by atoms with Gasteiger partial charge in [0.15, 0.2) is 5.58 Å². The van der Waals surface area contributed by atoms with Crippen LogP contribution < -0.4 is 4.74 Å². The molecule has 0 fully saturated rings. The van der Waals surface area contributed by atoms with E-state index in [1.807, 2.05) is 42.5 Å². The van der Waals surface area contributed by atoms with E-state index >= 15 is 0 Å². The second-order valence-electron chi connectivity index (χ2n) is 7.68. The van der Waals surface area contributed by atoms with Gasteiger partial charge in [-0.15, -0.1) is 0 Å². The fourth-order valence-corrected chi connectivity index (χ4v) is 4.04. The van der Waals surface area contributed by atoms with Gasteiger partial charge in [-0.1, -0.05) is 42.5 Å². The van der Waals surface area contributed by atoms with Crippen molar-refractivity contribution in [1.82, 2.24) is 4.98 Å². The van der Waals surface area contributed by atoms with Crippen molar-refractivity contribution in [2.24, 2.45) is 5.92 Å². The lowest BCUT2D eigenvalue weighted by Crippen LogP contribution is -2.20. The summed E-state index contributed by atoms with van der Waals surface area (Å²) in [7, 11) is 0. The first-order valence-electron chi connectivity index (χ1n) is 10.0. The molecule has 2 heterocycles. The predicted octanol–water partition coefficient (Wildman–Crippen LogP) is 5.50. The number of rotatable bonds is 3. The fraction of sp³-hybridized carbons (Fsp3) is 0.200. The molecular weight excluding hydrogens is 378 g/mol. The Morgan fingerprint density at radius 1 is 1.07 bits per heavy atom. The number of aromatic nitrogens is 1. The SMILES string of the molecule is Cc1c(-c2ccccc2)cccc1-c1nc2cc3c(cc2o1)OC[C@H](C(=O)O)CC3. The molecule has 1 aliphatic rings. The molecule has 0 spiro atoms. The molecule has 1 N–H and O–H groups in total. The first kappa shape index (κ1) is 18.4. The summed E-state index contributed by atoms with van der Waals surface area (Å²) in [6.45, 7) is 2.25. The maximum Gasteiger partial charge on any atom is 0.309 e. The Bertz CT molecular complexity index is 1200. The molecule has 1 atom stereocenters. The topological polar surface area (TPSA) is 72.6 Å². The van der Waals surface area contributed by atoms with Gasteiger partial charge < -0.3 is 14.3 Å². The van der Waals surface area contributed by atoms with Crippen LogP contribution in [-0.2, 0) is 11.2 Å². The highest BCUT2D eigenvalue weighted by molar-refractivity contribution is 5.82. The van der Waals surface area contributed by atoms with Gasteiger partial charge in [0.25, 0.3) is 0 Å². The molecule has 0 aliphatic carbocycles. The number of carboxylic acid groups (broad SMARTS) is 1. The molecule has 4 aromatic rings. The minimum atomic E-state index is -0.819. The van der Waals surface area contributed by atoms with E-state index in [-0.39, 0.29) is 6.61 Å². The number of aryl methyl sites for hydroxylation is 1. The second-order valence-corrected chi connectivity index (χ2v) is 7.68. The molecular formula is C25H21NO4. The number of benzene rings is 3. The Kier molecular flexibility index (Phi) is 4.51. The summed E-state index contributed by atoms with van der Waals surface area (Å²) in [6.07, 6.45) is 1.20. The van der Waals surface area contributed by atoms with E-state index in [2.05, 4.69) is 25.1 Å². The Morgan fingerprint density at radius 2 is 1.87 bits per heavy atom. The van der Waals surface area contributed by atoms with E-state index in [0.29, 0.717) is 30.1 Å². The molecule has 0 bridgehead atoms. The Balaban J connectivity index is 1.54. The van der Waals surface area contributed by atoms with Crippen molar-refractivity contribution < 1.29 is 19.1 Å². The summed E-state index contributed by atoms with van der Waals surface area (Å²) in [5, 5.41) is 9.27. The van der Waals surface area contributed by atoms with Crippen LogP contribution in [0.25, 0.3) is 33.7 Å². The molecule has 0 saturated carbocycles. The number of ether oxygens (including phenoxy) is 1. The number of carbonyl (C=O) groups is 1. The van der Waals surface area contributed by atoms with Gasteiger partial charge in [0.1, 0.15) is 17.9 Å². The summed E-state index contributed by atoms with van der Waals surface area (Å²) in [6, 6.07) is 20.2. The highest BCUT2D eigenvalue weighted by Gasteiger charge is 2.24. The van der Waals surface area contributed by atoms with Crippen molar-refractivity contribution in [1.29, 1.82) is 0 Å². The van der Waals surface area contributed by atoms with E-state index in [1.165, 1.54) is 0 Å². The summed E-state index contributed by atoms with van der Waals surface area (Å²) < 4.78 is 11.9. The number of nitrogens with zero attached hydrogens (tertiary/aromatic N) is 1. The zero-order valence-corrected chi connectivity index (χ0v) is 16.6. The van der Waals surface area contributed by atoms with Crippen molar-refractivity contribution in [3.05, 3.63) is 71.8 Å². The third-order valence-corrected chi connectivity index (χ3v) is 5.77. The summed E-state index contributed by atoms with van der Waals surface area (Å²) >= 11 is 0. The summed E-state index contributed by atoms with van der Waals surface area (Å²) in [5.74, 6) is -0.0520. The monoisotopic (exact) mass is 399 g/mol. The van der Waals surface area contributed by atoms with Gasteiger partial charge in [0.05, 0.1) is 5.92 Å². The highest BCUT2D eigenvalue weighted by Crippen LogP contribution is 2.36. The Morgan fingerprint density at radius 3 is 2.67 bits per heavy atom. The maximum atomic E-state index is 11.3. The molecule has 0 amide bonds. The molecule has 3 aromatic carbocycles. The minimum absolute atomic E-state index is 0.174. The number of hydrogen-bond acceptors (Lipinski definition) is 4. The van der Waals surface area contributed by atoms with Crippen molar-refractivity contribution >= 4 is 17.1 Å². The molecule has 5 rings (SSSR count). The van der Waals surface area contributed by atoms with E-state index in [4.69, 9.17) is 14.1 Å². The van der Waals surface area contributed by atoms with Gasteiger partial charge in [-0.3, -0.25) is 4.79 Å². The van der Waals surface area contributed by atoms with Crippen molar-refractivity contribution in [3.8, 4) is 28.3 Å². The average molecular weight is 399 g/mol. The molecule has 150 valence electrons. The Labute approximate surface area is 173 Å². The van der Waals surface area contributed by atoms with Crippen LogP contribution >= 0.6 is 0 Å². The first-order valence-corrected chi connectivity index (χ1v) is 10.0. The maximum absolute atomic E-state index is 11.3. The summed E-state index contributed by atoms with van der Waals surface area (Å²) in [5.41, 5.74) is 6.73. The first-order chi connectivity index (χ1) is 14.6. The normalized spacial score (nSPS) is 16.0. The Hall–Kier alpha value is -3.60. The van der Waals surface area contributed by atoms with E-state index < -0.39 is 11.9 Å². The smallest absolute Gasteiger partial charge is 0.309 e.